The Hall–Kier alpha value is -1.24. The van der Waals surface area contributed by atoms with E-state index in [1.54, 1.807) is 0 Å². The van der Waals surface area contributed by atoms with E-state index >= 15 is 0 Å². The lowest BCUT2D eigenvalue weighted by molar-refractivity contribution is -0.0517. The van der Waals surface area contributed by atoms with Crippen molar-refractivity contribution in [3.05, 3.63) is 45.7 Å². The number of rotatable bonds is 4. The first-order valence-corrected chi connectivity index (χ1v) is 8.74. The molecule has 1 aliphatic heterocycles. The standard InChI is InChI=1S/C17H19Cl2N3O2/c1-10-3-4-11(2)22(10)13-7-14(18)16(15(19)8-13)24-17-20-21(9-23-17)12-5-6-12/h3-4,7-8,12,17,20H,5-6,9H2,1-2H3. The van der Waals surface area contributed by atoms with Crippen LogP contribution in [0.25, 0.3) is 5.69 Å². The summed E-state index contributed by atoms with van der Waals surface area (Å²) in [6.45, 7) is 4.59. The minimum atomic E-state index is -0.568. The maximum Gasteiger partial charge on any atom is 0.273 e. The third kappa shape index (κ3) is 3.03. The van der Waals surface area contributed by atoms with E-state index in [9.17, 15) is 0 Å². The van der Waals surface area contributed by atoms with Crippen LogP contribution in [0.1, 0.15) is 24.2 Å². The molecule has 1 saturated heterocycles. The SMILES string of the molecule is Cc1ccc(C)n1-c1cc(Cl)c(OC2NN(C3CC3)CO2)c(Cl)c1. The zero-order valence-corrected chi connectivity index (χ0v) is 15.1. The number of hydrogen-bond donors (Lipinski definition) is 1. The number of nitrogens with zero attached hydrogens (tertiary/aromatic N) is 2. The molecule has 24 heavy (non-hydrogen) atoms. The number of hydrazine groups is 1. The number of ether oxygens (including phenoxy) is 2. The molecular formula is C17H19Cl2N3O2. The first-order chi connectivity index (χ1) is 11.5. The van der Waals surface area contributed by atoms with E-state index in [0.717, 1.165) is 17.1 Å². The summed E-state index contributed by atoms with van der Waals surface area (Å²) in [4.78, 5) is 0. The van der Waals surface area contributed by atoms with E-state index in [4.69, 9.17) is 32.7 Å². The van der Waals surface area contributed by atoms with Gasteiger partial charge in [0.2, 0.25) is 0 Å². The lowest BCUT2D eigenvalue weighted by atomic mass is 10.2. The van der Waals surface area contributed by atoms with E-state index in [1.807, 2.05) is 31.0 Å². The van der Waals surface area contributed by atoms with Crippen LogP contribution in [-0.2, 0) is 4.74 Å². The average molecular weight is 368 g/mol. The predicted molar refractivity (Wildman–Crippen MR) is 93.6 cm³/mol. The predicted octanol–water partition coefficient (Wildman–Crippen LogP) is 4.02. The summed E-state index contributed by atoms with van der Waals surface area (Å²) >= 11 is 12.9. The number of aromatic nitrogens is 1. The van der Waals surface area contributed by atoms with Crippen molar-refractivity contribution in [3.63, 3.8) is 0 Å². The smallest absolute Gasteiger partial charge is 0.273 e. The second kappa shape index (κ2) is 6.24. The van der Waals surface area contributed by atoms with Crippen molar-refractivity contribution in [2.75, 3.05) is 6.73 Å². The van der Waals surface area contributed by atoms with Gasteiger partial charge in [0.1, 0.15) is 6.73 Å². The zero-order valence-electron chi connectivity index (χ0n) is 13.6. The van der Waals surface area contributed by atoms with Crippen molar-refractivity contribution in [2.45, 2.75) is 39.1 Å². The Bertz CT molecular complexity index is 731. The largest absolute Gasteiger partial charge is 0.447 e. The van der Waals surface area contributed by atoms with E-state index in [2.05, 4.69) is 22.1 Å². The maximum absolute atomic E-state index is 6.43. The Labute approximate surface area is 151 Å². The second-order valence-corrected chi connectivity index (χ2v) is 7.08. The Morgan fingerprint density at radius 2 is 1.75 bits per heavy atom. The third-order valence-corrected chi connectivity index (χ3v) is 4.92. The molecule has 2 aliphatic rings. The Morgan fingerprint density at radius 3 is 2.33 bits per heavy atom. The molecule has 1 aromatic heterocycles. The zero-order chi connectivity index (χ0) is 16.8. The van der Waals surface area contributed by atoms with Gasteiger partial charge >= 0.3 is 0 Å². The lowest BCUT2D eigenvalue weighted by Gasteiger charge is -2.18. The Balaban J connectivity index is 1.56. The summed E-state index contributed by atoms with van der Waals surface area (Å²) in [5.74, 6) is 0.430. The first-order valence-electron chi connectivity index (χ1n) is 7.98. The molecule has 0 radical (unpaired) electrons. The number of halogens is 2. The summed E-state index contributed by atoms with van der Waals surface area (Å²) in [7, 11) is 0. The van der Waals surface area contributed by atoms with Gasteiger partial charge in [0.25, 0.3) is 6.41 Å². The van der Waals surface area contributed by atoms with Crippen molar-refractivity contribution in [1.29, 1.82) is 0 Å². The van der Waals surface area contributed by atoms with Gasteiger partial charge in [0.05, 0.1) is 10.0 Å². The fourth-order valence-corrected chi connectivity index (χ4v) is 3.55. The number of hydrogen-bond acceptors (Lipinski definition) is 4. The Kier molecular flexibility index (Phi) is 4.22. The number of nitrogens with one attached hydrogen (secondary N) is 1. The van der Waals surface area contributed by atoms with Crippen molar-refractivity contribution < 1.29 is 9.47 Å². The normalized spacial score (nSPS) is 21.4. The monoisotopic (exact) mass is 367 g/mol. The summed E-state index contributed by atoms with van der Waals surface area (Å²) in [5.41, 5.74) is 6.34. The minimum Gasteiger partial charge on any atom is -0.447 e. The maximum atomic E-state index is 6.43. The highest BCUT2D eigenvalue weighted by Crippen LogP contribution is 2.37. The summed E-state index contributed by atoms with van der Waals surface area (Å²) < 4.78 is 13.5. The van der Waals surface area contributed by atoms with Crippen LogP contribution in [0.5, 0.6) is 5.75 Å². The molecule has 0 spiro atoms. The van der Waals surface area contributed by atoms with Gasteiger partial charge in [-0.2, -0.15) is 5.43 Å². The van der Waals surface area contributed by atoms with E-state index in [-0.39, 0.29) is 0 Å². The molecule has 128 valence electrons. The number of benzene rings is 1. The lowest BCUT2D eigenvalue weighted by Crippen LogP contribution is -2.39. The van der Waals surface area contributed by atoms with Crippen LogP contribution in [0.4, 0.5) is 0 Å². The van der Waals surface area contributed by atoms with Crippen LogP contribution in [0.3, 0.4) is 0 Å². The highest BCUT2D eigenvalue weighted by atomic mass is 35.5. The van der Waals surface area contributed by atoms with Gasteiger partial charge in [-0.3, -0.25) is 0 Å². The molecule has 1 saturated carbocycles. The van der Waals surface area contributed by atoms with Crippen LogP contribution in [-0.4, -0.2) is 28.8 Å². The van der Waals surface area contributed by atoms with Crippen molar-refractivity contribution in [3.8, 4) is 11.4 Å². The third-order valence-electron chi connectivity index (χ3n) is 4.36. The highest BCUT2D eigenvalue weighted by Gasteiger charge is 2.36. The molecule has 1 unspecified atom stereocenters. The molecule has 1 N–H and O–H groups in total. The molecule has 7 heteroatoms. The van der Waals surface area contributed by atoms with Gasteiger partial charge < -0.3 is 14.0 Å². The molecule has 1 aliphatic carbocycles. The van der Waals surface area contributed by atoms with Crippen molar-refractivity contribution >= 4 is 23.2 Å². The molecule has 2 fully saturated rings. The van der Waals surface area contributed by atoms with Crippen LogP contribution in [0.2, 0.25) is 10.0 Å². The van der Waals surface area contributed by atoms with Crippen LogP contribution in [0.15, 0.2) is 24.3 Å². The van der Waals surface area contributed by atoms with Crippen molar-refractivity contribution in [2.24, 2.45) is 0 Å². The minimum absolute atomic E-state index is 0.430. The first kappa shape index (κ1) is 16.2. The van der Waals surface area contributed by atoms with Gasteiger partial charge in [0.15, 0.2) is 5.75 Å². The van der Waals surface area contributed by atoms with Crippen LogP contribution < -0.4 is 10.2 Å². The molecule has 0 amide bonds. The molecule has 5 nitrogen and oxygen atoms in total. The summed E-state index contributed by atoms with van der Waals surface area (Å²) in [6, 6.07) is 8.38. The molecule has 2 aromatic rings. The summed E-state index contributed by atoms with van der Waals surface area (Å²) in [6.07, 6.45) is 1.81. The van der Waals surface area contributed by atoms with Gasteiger partial charge in [-0.05, 0) is 51.0 Å². The Morgan fingerprint density at radius 1 is 1.12 bits per heavy atom. The van der Waals surface area contributed by atoms with Gasteiger partial charge in [0, 0.05) is 23.1 Å². The molecule has 0 bridgehead atoms. The van der Waals surface area contributed by atoms with Gasteiger partial charge in [-0.1, -0.05) is 23.2 Å². The van der Waals surface area contributed by atoms with E-state index in [1.165, 1.54) is 12.8 Å². The van der Waals surface area contributed by atoms with Gasteiger partial charge in [-0.25, -0.2) is 5.01 Å². The van der Waals surface area contributed by atoms with Gasteiger partial charge in [-0.15, -0.1) is 0 Å². The summed E-state index contributed by atoms with van der Waals surface area (Å²) in [5, 5.41) is 2.97. The highest BCUT2D eigenvalue weighted by molar-refractivity contribution is 6.37. The second-order valence-electron chi connectivity index (χ2n) is 6.27. The molecular weight excluding hydrogens is 349 g/mol. The average Bonchev–Trinajstić information content (AvgIpc) is 3.19. The fraction of sp³-hybridized carbons (Fsp3) is 0.412. The number of aryl methyl sites for hydroxylation is 2. The van der Waals surface area contributed by atoms with Crippen LogP contribution in [0, 0.1) is 13.8 Å². The molecule has 1 aromatic carbocycles. The van der Waals surface area contributed by atoms with Crippen LogP contribution >= 0.6 is 23.2 Å². The molecule has 1 atom stereocenters. The fourth-order valence-electron chi connectivity index (χ4n) is 2.99. The molecule has 4 rings (SSSR count). The quantitative estimate of drug-likeness (QED) is 0.885. The van der Waals surface area contributed by atoms with E-state index in [0.29, 0.717) is 28.6 Å². The topological polar surface area (TPSA) is 38.7 Å². The van der Waals surface area contributed by atoms with Crippen molar-refractivity contribution in [1.82, 2.24) is 15.0 Å². The van der Waals surface area contributed by atoms with E-state index < -0.39 is 6.41 Å². The molecule has 2 heterocycles.